The molecule has 0 spiro atoms. The van der Waals surface area contributed by atoms with Crippen molar-refractivity contribution >= 4 is 17.0 Å². The zero-order valence-electron chi connectivity index (χ0n) is 12.6. The van der Waals surface area contributed by atoms with Crippen molar-refractivity contribution in [2.75, 3.05) is 26.9 Å². The lowest BCUT2D eigenvalue weighted by molar-refractivity contribution is 0.0907. The zero-order chi connectivity index (χ0) is 15.4. The monoisotopic (exact) mass is 304 g/mol. The lowest BCUT2D eigenvalue weighted by Gasteiger charge is -2.04. The van der Waals surface area contributed by atoms with Crippen molar-refractivity contribution in [3.63, 3.8) is 0 Å². The van der Waals surface area contributed by atoms with E-state index < -0.39 is 0 Å². The maximum absolute atomic E-state index is 12.1. The average molecular weight is 304 g/mol. The minimum atomic E-state index is -0.118. The maximum atomic E-state index is 12.1. The van der Waals surface area contributed by atoms with Crippen molar-refractivity contribution in [2.24, 2.45) is 0 Å². The van der Waals surface area contributed by atoms with Crippen molar-refractivity contribution in [3.05, 3.63) is 29.7 Å². The number of carbonyl (C=O) groups excluding carboxylic acids is 1. The van der Waals surface area contributed by atoms with Gasteiger partial charge in [-0.3, -0.25) is 4.79 Å². The number of amides is 1. The molecule has 1 aromatic carbocycles. The molecule has 0 saturated carbocycles. The van der Waals surface area contributed by atoms with Crippen LogP contribution in [0.1, 0.15) is 41.6 Å². The molecule has 1 fully saturated rings. The first kappa shape index (κ1) is 15.0. The smallest absolute Gasteiger partial charge is 0.251 e. The molecule has 1 amide bonds. The van der Waals surface area contributed by atoms with E-state index in [2.05, 4.69) is 10.3 Å². The standard InChI is InChI=1S/C16H20N2O4/c1-20-8-3-7-17-15(19)11-5-6-12-14(10-11)22-16(18-12)13-4-2-9-21-13/h5-6,10,13H,2-4,7-9H2,1H3,(H,17,19). The molecule has 2 heterocycles. The second-order valence-electron chi connectivity index (χ2n) is 5.34. The molecule has 1 aliphatic rings. The number of nitrogens with one attached hydrogen (secondary N) is 1. The van der Waals surface area contributed by atoms with Gasteiger partial charge in [0.05, 0.1) is 0 Å². The highest BCUT2D eigenvalue weighted by molar-refractivity contribution is 5.96. The lowest BCUT2D eigenvalue weighted by Crippen LogP contribution is -2.25. The topological polar surface area (TPSA) is 73.6 Å². The third kappa shape index (κ3) is 3.28. The SMILES string of the molecule is COCCCNC(=O)c1ccc2nc(C3CCCO3)oc2c1. The zero-order valence-corrected chi connectivity index (χ0v) is 12.6. The highest BCUT2D eigenvalue weighted by atomic mass is 16.5. The van der Waals surface area contributed by atoms with E-state index in [9.17, 15) is 4.79 Å². The highest BCUT2D eigenvalue weighted by Crippen LogP contribution is 2.30. The first-order valence-corrected chi connectivity index (χ1v) is 7.57. The van der Waals surface area contributed by atoms with Crippen molar-refractivity contribution in [1.82, 2.24) is 10.3 Å². The molecule has 1 saturated heterocycles. The predicted molar refractivity (Wildman–Crippen MR) is 80.8 cm³/mol. The van der Waals surface area contributed by atoms with E-state index in [1.807, 2.05) is 0 Å². The Morgan fingerprint density at radius 3 is 3.18 bits per heavy atom. The Morgan fingerprint density at radius 2 is 2.41 bits per heavy atom. The molecule has 0 aliphatic carbocycles. The van der Waals surface area contributed by atoms with Gasteiger partial charge in [-0.05, 0) is 37.5 Å². The summed E-state index contributed by atoms with van der Waals surface area (Å²) in [7, 11) is 1.64. The summed E-state index contributed by atoms with van der Waals surface area (Å²) >= 11 is 0. The number of methoxy groups -OCH3 is 1. The Bertz CT molecular complexity index is 647. The van der Waals surface area contributed by atoms with Crippen LogP contribution in [0, 0.1) is 0 Å². The second kappa shape index (κ2) is 6.89. The summed E-state index contributed by atoms with van der Waals surface area (Å²) in [6.07, 6.45) is 2.69. The minimum Gasteiger partial charge on any atom is -0.438 e. The number of rotatable bonds is 6. The van der Waals surface area contributed by atoms with E-state index in [1.54, 1.807) is 25.3 Å². The number of aromatic nitrogens is 1. The summed E-state index contributed by atoms with van der Waals surface area (Å²) in [5.41, 5.74) is 1.94. The van der Waals surface area contributed by atoms with Crippen LogP contribution >= 0.6 is 0 Å². The van der Waals surface area contributed by atoms with Gasteiger partial charge in [-0.15, -0.1) is 0 Å². The highest BCUT2D eigenvalue weighted by Gasteiger charge is 2.23. The third-order valence-corrected chi connectivity index (χ3v) is 3.68. The van der Waals surface area contributed by atoms with Crippen molar-refractivity contribution in [1.29, 1.82) is 0 Å². The van der Waals surface area contributed by atoms with Gasteiger partial charge >= 0.3 is 0 Å². The Kier molecular flexibility index (Phi) is 4.70. The lowest BCUT2D eigenvalue weighted by atomic mass is 10.2. The van der Waals surface area contributed by atoms with Gasteiger partial charge < -0.3 is 19.2 Å². The van der Waals surface area contributed by atoms with Crippen molar-refractivity contribution < 1.29 is 18.7 Å². The van der Waals surface area contributed by atoms with Crippen LogP contribution in [-0.2, 0) is 9.47 Å². The number of ether oxygens (including phenoxy) is 2. The molecule has 0 radical (unpaired) electrons. The van der Waals surface area contributed by atoms with Crippen LogP contribution in [0.25, 0.3) is 11.1 Å². The fraction of sp³-hybridized carbons (Fsp3) is 0.500. The van der Waals surface area contributed by atoms with Gasteiger partial charge in [-0.1, -0.05) is 0 Å². The van der Waals surface area contributed by atoms with Crippen molar-refractivity contribution in [2.45, 2.75) is 25.4 Å². The molecule has 1 atom stereocenters. The summed E-state index contributed by atoms with van der Waals surface area (Å²) in [4.78, 5) is 16.5. The first-order chi connectivity index (χ1) is 10.8. The molecule has 118 valence electrons. The average Bonchev–Trinajstić information content (AvgIpc) is 3.18. The normalized spacial score (nSPS) is 18.0. The van der Waals surface area contributed by atoms with Gasteiger partial charge in [-0.25, -0.2) is 4.98 Å². The van der Waals surface area contributed by atoms with E-state index in [0.29, 0.717) is 30.2 Å². The van der Waals surface area contributed by atoms with Gasteiger partial charge in [0, 0.05) is 32.4 Å². The molecule has 2 aromatic rings. The van der Waals surface area contributed by atoms with Gasteiger partial charge in [0.25, 0.3) is 5.91 Å². The molecule has 3 rings (SSSR count). The summed E-state index contributed by atoms with van der Waals surface area (Å²) in [5.74, 6) is 0.484. The van der Waals surface area contributed by atoms with Crippen LogP contribution in [0.15, 0.2) is 22.6 Å². The van der Waals surface area contributed by atoms with E-state index in [0.717, 1.165) is 31.4 Å². The molecule has 6 nitrogen and oxygen atoms in total. The van der Waals surface area contributed by atoms with Crippen LogP contribution in [-0.4, -0.2) is 37.8 Å². The van der Waals surface area contributed by atoms with Crippen LogP contribution in [0.4, 0.5) is 0 Å². The molecule has 22 heavy (non-hydrogen) atoms. The summed E-state index contributed by atoms with van der Waals surface area (Å²) in [6.45, 7) is 1.97. The molecule has 1 N–H and O–H groups in total. The number of carbonyl (C=O) groups is 1. The number of oxazole rings is 1. The molecule has 1 aromatic heterocycles. The second-order valence-corrected chi connectivity index (χ2v) is 5.34. The van der Waals surface area contributed by atoms with Gasteiger partial charge in [0.2, 0.25) is 5.89 Å². The van der Waals surface area contributed by atoms with Gasteiger partial charge in [0.15, 0.2) is 5.58 Å². The van der Waals surface area contributed by atoms with Crippen LogP contribution in [0.5, 0.6) is 0 Å². The number of benzene rings is 1. The number of fused-ring (bicyclic) bond motifs is 1. The fourth-order valence-corrected chi connectivity index (χ4v) is 2.51. The quantitative estimate of drug-likeness (QED) is 0.830. The molecule has 1 unspecified atom stereocenters. The van der Waals surface area contributed by atoms with E-state index in [4.69, 9.17) is 13.9 Å². The first-order valence-electron chi connectivity index (χ1n) is 7.57. The Hall–Kier alpha value is -1.92. The van der Waals surface area contributed by atoms with E-state index in [-0.39, 0.29) is 12.0 Å². The number of hydrogen-bond donors (Lipinski definition) is 1. The molecular weight excluding hydrogens is 284 g/mol. The van der Waals surface area contributed by atoms with Crippen LogP contribution in [0.3, 0.4) is 0 Å². The largest absolute Gasteiger partial charge is 0.438 e. The fourth-order valence-electron chi connectivity index (χ4n) is 2.51. The van der Waals surface area contributed by atoms with Gasteiger partial charge in [-0.2, -0.15) is 0 Å². The molecule has 1 aliphatic heterocycles. The third-order valence-electron chi connectivity index (χ3n) is 3.68. The summed E-state index contributed by atoms with van der Waals surface area (Å²) < 4.78 is 16.3. The summed E-state index contributed by atoms with van der Waals surface area (Å²) in [6, 6.07) is 5.30. The molecule has 0 bridgehead atoms. The Morgan fingerprint density at radius 1 is 1.50 bits per heavy atom. The van der Waals surface area contributed by atoms with Crippen LogP contribution < -0.4 is 5.32 Å². The molecule has 6 heteroatoms. The van der Waals surface area contributed by atoms with E-state index in [1.165, 1.54) is 0 Å². The van der Waals surface area contributed by atoms with E-state index >= 15 is 0 Å². The maximum Gasteiger partial charge on any atom is 0.251 e. The Balaban J connectivity index is 1.70. The number of nitrogens with zero attached hydrogens (tertiary/aromatic N) is 1. The van der Waals surface area contributed by atoms with Gasteiger partial charge in [0.1, 0.15) is 11.6 Å². The minimum absolute atomic E-state index is 0.0567. The Labute approximate surface area is 128 Å². The van der Waals surface area contributed by atoms with Crippen molar-refractivity contribution in [3.8, 4) is 0 Å². The number of hydrogen-bond acceptors (Lipinski definition) is 5. The predicted octanol–water partition coefficient (Wildman–Crippen LogP) is 2.45. The van der Waals surface area contributed by atoms with Crippen LogP contribution in [0.2, 0.25) is 0 Å². The summed E-state index contributed by atoms with van der Waals surface area (Å²) in [5, 5.41) is 2.85. The molecular formula is C16H20N2O4.